The van der Waals surface area contributed by atoms with Crippen LogP contribution in [0.2, 0.25) is 0 Å². The zero-order valence-corrected chi connectivity index (χ0v) is 20.9. The molecule has 4 aliphatic rings. The molecule has 4 aliphatic carbocycles. The summed E-state index contributed by atoms with van der Waals surface area (Å²) in [4.78, 5) is 35.8. The number of aromatic nitrogens is 2. The van der Waals surface area contributed by atoms with Crippen LogP contribution in [0.5, 0.6) is 0 Å². The van der Waals surface area contributed by atoms with Crippen LogP contribution in [-0.4, -0.2) is 53.2 Å². The second-order valence-corrected chi connectivity index (χ2v) is 11.1. The fourth-order valence-corrected chi connectivity index (χ4v) is 6.60. The summed E-state index contributed by atoms with van der Waals surface area (Å²) in [5, 5.41) is 9.14. The first kappa shape index (κ1) is 26.8. The fraction of sp³-hybridized carbons (Fsp3) is 0.667. The van der Waals surface area contributed by atoms with Gasteiger partial charge in [-0.2, -0.15) is 18.3 Å². The largest absolute Gasteiger partial charge is 0.453 e. The molecule has 0 spiro atoms. The summed E-state index contributed by atoms with van der Waals surface area (Å²) in [6.45, 7) is 3.36. The molecule has 204 valence electrons. The van der Waals surface area contributed by atoms with Gasteiger partial charge in [-0.15, -0.1) is 0 Å². The summed E-state index contributed by atoms with van der Waals surface area (Å²) in [5.41, 5.74) is 2.15. The highest BCUT2D eigenvalue weighted by Crippen LogP contribution is 2.60. The zero-order chi connectivity index (χ0) is 27.2. The lowest BCUT2D eigenvalue weighted by atomic mass is 9.48. The van der Waals surface area contributed by atoms with Crippen LogP contribution in [0.4, 0.5) is 22.8 Å². The molecule has 0 saturated heterocycles. The quantitative estimate of drug-likeness (QED) is 0.496. The van der Waals surface area contributed by atoms with E-state index in [0.717, 1.165) is 31.7 Å². The first-order chi connectivity index (χ1) is 17.2. The number of alkyl carbamates (subject to hydrolysis) is 1. The van der Waals surface area contributed by atoms with Gasteiger partial charge in [0.05, 0.1) is 31.0 Å². The summed E-state index contributed by atoms with van der Waals surface area (Å²) in [5.74, 6) is -0.233. The number of hydrogen-bond acceptors (Lipinski definition) is 6. The molecule has 0 aromatic carbocycles. The normalized spacial score (nSPS) is 28.8. The Kier molecular flexibility index (Phi) is 6.93. The second-order valence-electron chi connectivity index (χ2n) is 11.1. The minimum atomic E-state index is -4.85. The molecule has 5 rings (SSSR count). The van der Waals surface area contributed by atoms with Gasteiger partial charge in [0.15, 0.2) is 5.69 Å². The average molecular weight is 528 g/mol. The van der Waals surface area contributed by atoms with Crippen LogP contribution in [0.25, 0.3) is 6.20 Å². The minimum absolute atomic E-state index is 0.0844. The van der Waals surface area contributed by atoms with Gasteiger partial charge in [0.25, 0.3) is 5.91 Å². The molecule has 4 bridgehead atoms. The number of carbonyl (C=O) groups excluding carboxylic acids is 3. The van der Waals surface area contributed by atoms with Crippen molar-refractivity contribution in [2.75, 3.05) is 13.7 Å². The smallest absolute Gasteiger partial charge is 0.434 e. The molecular formula is C24H32F3N5O5. The van der Waals surface area contributed by atoms with Crippen molar-refractivity contribution in [3.8, 4) is 0 Å². The highest BCUT2D eigenvalue weighted by Gasteiger charge is 2.56. The molecule has 2 unspecified atom stereocenters. The van der Waals surface area contributed by atoms with E-state index < -0.39 is 41.1 Å². The van der Waals surface area contributed by atoms with Crippen molar-refractivity contribution in [2.45, 2.75) is 63.7 Å². The maximum absolute atomic E-state index is 14.0. The predicted octanol–water partition coefficient (Wildman–Crippen LogP) is 3.53. The molecule has 4 fully saturated rings. The Morgan fingerprint density at radius 1 is 1.22 bits per heavy atom. The van der Waals surface area contributed by atoms with Crippen LogP contribution in [0, 0.1) is 23.2 Å². The van der Waals surface area contributed by atoms with E-state index >= 15 is 0 Å². The van der Waals surface area contributed by atoms with Crippen molar-refractivity contribution in [1.82, 2.24) is 20.4 Å². The number of alkyl halides is 3. The summed E-state index contributed by atoms with van der Waals surface area (Å²) in [7, 11) is 1.17. The van der Waals surface area contributed by atoms with E-state index in [4.69, 9.17) is 10.5 Å². The van der Waals surface area contributed by atoms with Crippen molar-refractivity contribution >= 4 is 24.3 Å². The molecule has 1 heterocycles. The number of ether oxygens (including phenoxy) is 2. The highest BCUT2D eigenvalue weighted by atomic mass is 19.4. The second kappa shape index (κ2) is 9.56. The number of primary amides is 1. The fourth-order valence-electron chi connectivity index (χ4n) is 6.60. The van der Waals surface area contributed by atoms with Crippen molar-refractivity contribution in [3.05, 3.63) is 23.5 Å². The molecule has 13 heteroatoms. The number of hydrogen-bond donors (Lipinski definition) is 3. The van der Waals surface area contributed by atoms with Gasteiger partial charge in [-0.3, -0.25) is 4.79 Å². The number of nitrogens with zero attached hydrogens (tertiary/aromatic N) is 2. The van der Waals surface area contributed by atoms with Crippen LogP contribution in [0.15, 0.2) is 12.3 Å². The molecule has 2 atom stereocenters. The summed E-state index contributed by atoms with van der Waals surface area (Å²) < 4.78 is 52.3. The first-order valence-corrected chi connectivity index (χ1v) is 12.2. The third-order valence-corrected chi connectivity index (χ3v) is 7.77. The number of nitrogens with one attached hydrogen (secondary N) is 2. The van der Waals surface area contributed by atoms with Crippen molar-refractivity contribution in [3.63, 3.8) is 0 Å². The van der Waals surface area contributed by atoms with Gasteiger partial charge in [0, 0.05) is 17.7 Å². The van der Waals surface area contributed by atoms with E-state index in [2.05, 4.69) is 20.5 Å². The molecule has 3 amide bonds. The Morgan fingerprint density at radius 2 is 1.86 bits per heavy atom. The summed E-state index contributed by atoms with van der Waals surface area (Å²) in [6.07, 6.45) is 0.956. The third-order valence-electron chi connectivity index (χ3n) is 7.77. The van der Waals surface area contributed by atoms with Crippen molar-refractivity contribution < 1.29 is 37.0 Å². The Hall–Kier alpha value is -3.25. The number of nitrogens with two attached hydrogens (primary N) is 1. The van der Waals surface area contributed by atoms with E-state index in [-0.39, 0.29) is 29.9 Å². The summed E-state index contributed by atoms with van der Waals surface area (Å²) in [6, 6.07) is -0.270. The van der Waals surface area contributed by atoms with Gasteiger partial charge in [0.2, 0.25) is 0 Å². The molecule has 1 aromatic rings. The molecule has 4 N–H and O–H groups in total. The molecule has 10 nitrogen and oxygen atoms in total. The van der Waals surface area contributed by atoms with Crippen molar-refractivity contribution in [1.29, 1.82) is 0 Å². The maximum Gasteiger partial charge on any atom is 0.434 e. The Balaban J connectivity index is 1.52. The Bertz CT molecular complexity index is 1080. The van der Waals surface area contributed by atoms with Gasteiger partial charge < -0.3 is 25.8 Å². The number of halogens is 3. The van der Waals surface area contributed by atoms with Gasteiger partial charge in [0.1, 0.15) is 0 Å². The van der Waals surface area contributed by atoms with E-state index in [1.807, 2.05) is 0 Å². The number of amides is 3. The molecule has 37 heavy (non-hydrogen) atoms. The molecule has 0 aliphatic heterocycles. The van der Waals surface area contributed by atoms with Gasteiger partial charge >= 0.3 is 18.4 Å². The van der Waals surface area contributed by atoms with Crippen LogP contribution in [0.3, 0.4) is 0 Å². The van der Waals surface area contributed by atoms with Crippen LogP contribution in [-0.2, 0) is 15.7 Å². The van der Waals surface area contributed by atoms with Gasteiger partial charge in [-0.05, 0) is 69.8 Å². The minimum Gasteiger partial charge on any atom is -0.453 e. The highest BCUT2D eigenvalue weighted by molar-refractivity contribution is 5.95. The third kappa shape index (κ3) is 5.69. The lowest BCUT2D eigenvalue weighted by Crippen LogP contribution is -2.60. The number of methoxy groups -OCH3 is 1. The molecule has 1 aromatic heterocycles. The topological polar surface area (TPSA) is 138 Å². The zero-order valence-electron chi connectivity index (χ0n) is 20.9. The lowest BCUT2D eigenvalue weighted by molar-refractivity contribution is -0.142. The van der Waals surface area contributed by atoms with E-state index in [1.54, 1.807) is 13.8 Å². The molecule has 0 radical (unpaired) electrons. The predicted molar refractivity (Wildman–Crippen MR) is 125 cm³/mol. The Morgan fingerprint density at radius 3 is 2.43 bits per heavy atom. The van der Waals surface area contributed by atoms with Gasteiger partial charge in [-0.25, -0.2) is 14.3 Å². The van der Waals surface area contributed by atoms with E-state index in [1.165, 1.54) is 13.2 Å². The standard InChI is InChI=1S/C24H32F3N5O5/c1-22(2,31-21(35)36-3)4-5-32-18(24(25,26)27)16(11-29-32)19(33)30-17-14-6-13-7-15(17)10-23(8-13,9-14)12-37-20(28)34/h4-5,11,13-15,17H,6-10,12H2,1-3H3,(H2,28,34)(H,30,33)(H,31,35). The Labute approximate surface area is 212 Å². The average Bonchev–Trinajstić information content (AvgIpc) is 3.23. The monoisotopic (exact) mass is 527 g/mol. The van der Waals surface area contributed by atoms with E-state index in [0.29, 0.717) is 23.4 Å². The maximum atomic E-state index is 14.0. The van der Waals surface area contributed by atoms with E-state index in [9.17, 15) is 27.6 Å². The SMILES string of the molecule is COC(=O)NC(C)(C)C=Cn1ncc(C(=O)NC2C3CC4CC2CC(COC(N)=O)(C4)C3)c1C(F)(F)F. The number of rotatable bonds is 7. The number of carbonyl (C=O) groups is 3. The van der Waals surface area contributed by atoms with Gasteiger partial charge in [-0.1, -0.05) is 0 Å². The van der Waals surface area contributed by atoms with Crippen LogP contribution >= 0.6 is 0 Å². The van der Waals surface area contributed by atoms with Crippen molar-refractivity contribution in [2.24, 2.45) is 28.9 Å². The summed E-state index contributed by atoms with van der Waals surface area (Å²) >= 11 is 0. The van der Waals surface area contributed by atoms with Crippen LogP contribution < -0.4 is 16.4 Å². The lowest BCUT2D eigenvalue weighted by Gasteiger charge is -2.59. The first-order valence-electron chi connectivity index (χ1n) is 12.2. The van der Waals surface area contributed by atoms with Crippen LogP contribution in [0.1, 0.15) is 62.0 Å². The molecule has 4 saturated carbocycles. The molecular weight excluding hydrogens is 495 g/mol.